The summed E-state index contributed by atoms with van der Waals surface area (Å²) in [4.78, 5) is 19.9. The molecule has 2 aromatic heterocycles. The van der Waals surface area contributed by atoms with Crippen LogP contribution in [0.4, 0.5) is 4.79 Å². The summed E-state index contributed by atoms with van der Waals surface area (Å²) < 4.78 is 0. The van der Waals surface area contributed by atoms with Crippen LogP contribution in [-0.4, -0.2) is 36.1 Å². The van der Waals surface area contributed by atoms with E-state index in [0.717, 1.165) is 18.5 Å². The molecular formula is C18H24N4OS. The molecule has 1 saturated heterocycles. The molecule has 2 amide bonds. The van der Waals surface area contributed by atoms with Gasteiger partial charge in [-0.05, 0) is 55.4 Å². The molecule has 2 aromatic rings. The van der Waals surface area contributed by atoms with E-state index in [-0.39, 0.29) is 6.03 Å². The smallest absolute Gasteiger partial charge is 0.315 e. The largest absolute Gasteiger partial charge is 0.338 e. The first-order chi connectivity index (χ1) is 11.7. The summed E-state index contributed by atoms with van der Waals surface area (Å²) in [6.07, 6.45) is 5.83. The van der Waals surface area contributed by atoms with Crippen molar-refractivity contribution in [3.63, 3.8) is 0 Å². The van der Waals surface area contributed by atoms with E-state index in [1.54, 1.807) is 23.7 Å². The van der Waals surface area contributed by atoms with Crippen LogP contribution < -0.4 is 10.6 Å². The topological polar surface area (TPSA) is 57.3 Å². The molecule has 0 radical (unpaired) electrons. The first-order valence-corrected chi connectivity index (χ1v) is 9.26. The lowest BCUT2D eigenvalue weighted by Crippen LogP contribution is -2.44. The van der Waals surface area contributed by atoms with Crippen molar-refractivity contribution in [2.75, 3.05) is 20.1 Å². The van der Waals surface area contributed by atoms with Crippen LogP contribution in [0.1, 0.15) is 29.3 Å². The van der Waals surface area contributed by atoms with Gasteiger partial charge in [0.2, 0.25) is 0 Å². The molecule has 1 aliphatic heterocycles. The zero-order valence-corrected chi connectivity index (χ0v) is 14.8. The Morgan fingerprint density at radius 3 is 3.04 bits per heavy atom. The van der Waals surface area contributed by atoms with Crippen LogP contribution in [0.5, 0.6) is 0 Å². The highest BCUT2D eigenvalue weighted by atomic mass is 32.1. The lowest BCUT2D eigenvalue weighted by Gasteiger charge is -2.38. The molecule has 1 aliphatic rings. The lowest BCUT2D eigenvalue weighted by atomic mass is 9.88. The summed E-state index contributed by atoms with van der Waals surface area (Å²) in [6.45, 7) is 2.32. The highest BCUT2D eigenvalue weighted by Crippen LogP contribution is 2.36. The van der Waals surface area contributed by atoms with Crippen LogP contribution in [0.15, 0.2) is 42.0 Å². The average Bonchev–Trinajstić information content (AvgIpc) is 3.13. The molecule has 0 spiro atoms. The maximum absolute atomic E-state index is 12.1. The molecule has 128 valence electrons. The summed E-state index contributed by atoms with van der Waals surface area (Å²) in [5, 5.41) is 8.07. The van der Waals surface area contributed by atoms with Gasteiger partial charge in [0.05, 0.1) is 0 Å². The van der Waals surface area contributed by atoms with Crippen molar-refractivity contribution in [1.29, 1.82) is 0 Å². The Morgan fingerprint density at radius 1 is 1.38 bits per heavy atom. The van der Waals surface area contributed by atoms with E-state index in [1.807, 2.05) is 12.1 Å². The number of amides is 2. The number of piperidine rings is 1. The maximum Gasteiger partial charge on any atom is 0.315 e. The number of hydrogen-bond acceptors (Lipinski definition) is 4. The van der Waals surface area contributed by atoms with Gasteiger partial charge in [-0.2, -0.15) is 0 Å². The van der Waals surface area contributed by atoms with Gasteiger partial charge in [0, 0.05) is 36.4 Å². The van der Waals surface area contributed by atoms with Crippen LogP contribution in [0.2, 0.25) is 0 Å². The Bertz CT molecular complexity index is 632. The number of hydrogen-bond donors (Lipinski definition) is 2. The zero-order valence-electron chi connectivity index (χ0n) is 13.9. The van der Waals surface area contributed by atoms with Gasteiger partial charge in [-0.3, -0.25) is 9.88 Å². The quantitative estimate of drug-likeness (QED) is 0.876. The number of nitrogens with zero attached hydrogens (tertiary/aromatic N) is 2. The van der Waals surface area contributed by atoms with Gasteiger partial charge in [-0.1, -0.05) is 12.1 Å². The number of likely N-dealkylation sites (tertiary alicyclic amines) is 1. The van der Waals surface area contributed by atoms with Gasteiger partial charge in [-0.25, -0.2) is 4.79 Å². The van der Waals surface area contributed by atoms with E-state index < -0.39 is 0 Å². The summed E-state index contributed by atoms with van der Waals surface area (Å²) in [6, 6.07) is 8.42. The predicted octanol–water partition coefficient (Wildman–Crippen LogP) is 3.03. The molecule has 3 heterocycles. The van der Waals surface area contributed by atoms with Crippen molar-refractivity contribution in [2.24, 2.45) is 5.92 Å². The number of urea groups is 1. The highest BCUT2D eigenvalue weighted by Gasteiger charge is 2.31. The second kappa shape index (κ2) is 8.26. The number of aromatic nitrogens is 1. The number of carbonyl (C=O) groups excluding carboxylic acids is 1. The fraction of sp³-hybridized carbons (Fsp3) is 0.444. The van der Waals surface area contributed by atoms with E-state index in [2.05, 4.69) is 45.1 Å². The molecule has 0 unspecified atom stereocenters. The number of rotatable bonds is 5. The Hall–Kier alpha value is -1.92. The van der Waals surface area contributed by atoms with Gasteiger partial charge in [0.15, 0.2) is 0 Å². The number of nitrogens with one attached hydrogen (secondary N) is 2. The predicted molar refractivity (Wildman–Crippen MR) is 96.9 cm³/mol. The first-order valence-electron chi connectivity index (χ1n) is 8.38. The molecule has 1 fully saturated rings. The van der Waals surface area contributed by atoms with Crippen LogP contribution in [0.3, 0.4) is 0 Å². The van der Waals surface area contributed by atoms with E-state index in [9.17, 15) is 4.79 Å². The van der Waals surface area contributed by atoms with Gasteiger partial charge >= 0.3 is 6.03 Å². The van der Waals surface area contributed by atoms with E-state index >= 15 is 0 Å². The standard InChI is InChI=1S/C18H24N4OS/c1-22-9-3-6-15(17(22)16-7-4-10-24-16)13-21-18(23)20-12-14-5-2-8-19-11-14/h2,4-5,7-8,10-11,15,17H,3,6,9,12-13H2,1H3,(H2,20,21,23)/t15-,17+/m1/s1. The molecule has 2 N–H and O–H groups in total. The lowest BCUT2D eigenvalue weighted by molar-refractivity contribution is 0.123. The molecule has 5 nitrogen and oxygen atoms in total. The Balaban J connectivity index is 1.51. The molecular weight excluding hydrogens is 320 g/mol. The van der Waals surface area contributed by atoms with Crippen molar-refractivity contribution in [1.82, 2.24) is 20.5 Å². The first kappa shape index (κ1) is 16.9. The number of carbonyl (C=O) groups is 1. The second-order valence-electron chi connectivity index (χ2n) is 6.27. The fourth-order valence-corrected chi connectivity index (χ4v) is 4.34. The van der Waals surface area contributed by atoms with Crippen LogP contribution in [0.25, 0.3) is 0 Å². The molecule has 3 rings (SSSR count). The fourth-order valence-electron chi connectivity index (χ4n) is 3.35. The monoisotopic (exact) mass is 344 g/mol. The number of pyridine rings is 1. The van der Waals surface area contributed by atoms with E-state index in [4.69, 9.17) is 0 Å². The summed E-state index contributed by atoms with van der Waals surface area (Å²) in [5.74, 6) is 0.451. The van der Waals surface area contributed by atoms with Crippen molar-refractivity contribution in [2.45, 2.75) is 25.4 Å². The third kappa shape index (κ3) is 4.33. The molecule has 0 aliphatic carbocycles. The van der Waals surface area contributed by atoms with E-state index in [1.165, 1.54) is 11.3 Å². The summed E-state index contributed by atoms with van der Waals surface area (Å²) >= 11 is 1.80. The zero-order chi connectivity index (χ0) is 16.8. The van der Waals surface area contributed by atoms with Gasteiger partial charge in [0.25, 0.3) is 0 Å². The Morgan fingerprint density at radius 2 is 2.29 bits per heavy atom. The summed E-state index contributed by atoms with van der Waals surface area (Å²) in [5.41, 5.74) is 1.00. The normalized spacial score (nSPS) is 21.4. The van der Waals surface area contributed by atoms with Crippen LogP contribution in [-0.2, 0) is 6.54 Å². The molecule has 0 aromatic carbocycles. The SMILES string of the molecule is CN1CCC[C@H](CNC(=O)NCc2cccnc2)[C@H]1c1cccs1. The molecule has 2 atom stereocenters. The second-order valence-corrected chi connectivity index (χ2v) is 7.25. The molecule has 6 heteroatoms. The molecule has 0 bridgehead atoms. The maximum atomic E-state index is 12.1. The Kier molecular flexibility index (Phi) is 5.82. The van der Waals surface area contributed by atoms with Crippen LogP contribution >= 0.6 is 11.3 Å². The summed E-state index contributed by atoms with van der Waals surface area (Å²) in [7, 11) is 2.18. The van der Waals surface area contributed by atoms with Gasteiger partial charge in [-0.15, -0.1) is 11.3 Å². The third-order valence-corrected chi connectivity index (χ3v) is 5.49. The van der Waals surface area contributed by atoms with Gasteiger partial charge in [0.1, 0.15) is 0 Å². The highest BCUT2D eigenvalue weighted by molar-refractivity contribution is 7.10. The number of thiophene rings is 1. The Labute approximate surface area is 147 Å². The van der Waals surface area contributed by atoms with Crippen molar-refractivity contribution >= 4 is 17.4 Å². The third-order valence-electron chi connectivity index (χ3n) is 4.54. The minimum Gasteiger partial charge on any atom is -0.338 e. The minimum atomic E-state index is -0.114. The minimum absolute atomic E-state index is 0.114. The van der Waals surface area contributed by atoms with Gasteiger partial charge < -0.3 is 10.6 Å². The van der Waals surface area contributed by atoms with Crippen molar-refractivity contribution in [3.05, 3.63) is 52.5 Å². The average molecular weight is 344 g/mol. The van der Waals surface area contributed by atoms with Crippen LogP contribution in [0, 0.1) is 5.92 Å². The van der Waals surface area contributed by atoms with Crippen molar-refractivity contribution < 1.29 is 4.79 Å². The van der Waals surface area contributed by atoms with E-state index in [0.29, 0.717) is 25.0 Å². The van der Waals surface area contributed by atoms with Crippen molar-refractivity contribution in [3.8, 4) is 0 Å². The molecule has 24 heavy (non-hydrogen) atoms. The molecule has 0 saturated carbocycles.